The van der Waals surface area contributed by atoms with Gasteiger partial charge in [0.05, 0.1) is 0 Å². The second-order valence-corrected chi connectivity index (χ2v) is 8.80. The zero-order chi connectivity index (χ0) is 22.7. The number of nitrogens with two attached hydrogens (primary N) is 1. The third-order valence-corrected chi connectivity index (χ3v) is 6.46. The maximum atomic E-state index is 13.0. The molecule has 0 unspecified atom stereocenters. The SMILES string of the molecule is CC(N)=NC(=O)c1cccc(CN2C(=O)CCCC23CCN(c2nccc(C)n2)CC3)c1. The minimum Gasteiger partial charge on any atom is -0.387 e. The van der Waals surface area contributed by atoms with Crippen LogP contribution < -0.4 is 10.6 Å². The first-order chi connectivity index (χ1) is 15.4. The Morgan fingerprint density at radius 1 is 1.22 bits per heavy atom. The number of nitrogens with zero attached hydrogens (tertiary/aromatic N) is 5. The molecule has 0 saturated carbocycles. The summed E-state index contributed by atoms with van der Waals surface area (Å²) in [6.07, 6.45) is 6.04. The number of rotatable bonds is 4. The Balaban J connectivity index is 1.52. The lowest BCUT2D eigenvalue weighted by Gasteiger charge is -2.51. The van der Waals surface area contributed by atoms with E-state index in [-0.39, 0.29) is 23.2 Å². The molecule has 3 heterocycles. The number of carbonyl (C=O) groups is 2. The lowest BCUT2D eigenvalue weighted by atomic mass is 9.78. The van der Waals surface area contributed by atoms with Crippen molar-refractivity contribution >= 4 is 23.6 Å². The van der Waals surface area contributed by atoms with Gasteiger partial charge in [-0.3, -0.25) is 9.59 Å². The van der Waals surface area contributed by atoms with Crippen LogP contribution in [0.1, 0.15) is 60.6 Å². The first-order valence-corrected chi connectivity index (χ1v) is 11.2. The Morgan fingerprint density at radius 3 is 2.72 bits per heavy atom. The van der Waals surface area contributed by atoms with Crippen molar-refractivity contribution in [3.05, 3.63) is 53.3 Å². The molecule has 0 atom stereocenters. The summed E-state index contributed by atoms with van der Waals surface area (Å²) in [5.74, 6) is 0.812. The highest BCUT2D eigenvalue weighted by molar-refractivity contribution is 6.02. The smallest absolute Gasteiger partial charge is 0.278 e. The molecule has 2 saturated heterocycles. The summed E-state index contributed by atoms with van der Waals surface area (Å²) in [5.41, 5.74) is 7.76. The summed E-state index contributed by atoms with van der Waals surface area (Å²) >= 11 is 0. The number of likely N-dealkylation sites (tertiary alicyclic amines) is 1. The van der Waals surface area contributed by atoms with Gasteiger partial charge in [0.25, 0.3) is 5.91 Å². The van der Waals surface area contributed by atoms with Crippen LogP contribution in [0.3, 0.4) is 0 Å². The number of piperidine rings is 2. The minimum atomic E-state index is -0.363. The molecule has 0 aliphatic carbocycles. The fourth-order valence-electron chi connectivity index (χ4n) is 4.80. The van der Waals surface area contributed by atoms with Crippen LogP contribution in [0, 0.1) is 6.92 Å². The second-order valence-electron chi connectivity index (χ2n) is 8.80. The van der Waals surface area contributed by atoms with Gasteiger partial charge in [-0.2, -0.15) is 4.99 Å². The van der Waals surface area contributed by atoms with E-state index in [2.05, 4.69) is 19.9 Å². The quantitative estimate of drug-likeness (QED) is 0.586. The topological polar surface area (TPSA) is 105 Å². The van der Waals surface area contributed by atoms with Crippen LogP contribution in [0.4, 0.5) is 5.95 Å². The number of aryl methyl sites for hydroxylation is 1. The fraction of sp³-hybridized carbons (Fsp3) is 0.458. The van der Waals surface area contributed by atoms with Gasteiger partial charge in [0.1, 0.15) is 5.84 Å². The third kappa shape index (κ3) is 4.64. The Bertz CT molecular complexity index is 1040. The summed E-state index contributed by atoms with van der Waals surface area (Å²) in [4.78, 5) is 42.4. The molecule has 32 heavy (non-hydrogen) atoms. The molecular weight excluding hydrogens is 404 g/mol. The molecule has 2 fully saturated rings. The highest BCUT2D eigenvalue weighted by Crippen LogP contribution is 2.39. The van der Waals surface area contributed by atoms with Gasteiger partial charge >= 0.3 is 0 Å². The fourth-order valence-corrected chi connectivity index (χ4v) is 4.80. The van der Waals surface area contributed by atoms with Crippen LogP contribution in [0.5, 0.6) is 0 Å². The largest absolute Gasteiger partial charge is 0.387 e. The Kier molecular flexibility index (Phi) is 6.21. The molecular formula is C24H30N6O2. The van der Waals surface area contributed by atoms with E-state index in [0.29, 0.717) is 18.5 Å². The van der Waals surface area contributed by atoms with E-state index in [1.807, 2.05) is 36.1 Å². The van der Waals surface area contributed by atoms with E-state index in [0.717, 1.165) is 56.0 Å². The summed E-state index contributed by atoms with van der Waals surface area (Å²) in [6.45, 7) is 5.68. The van der Waals surface area contributed by atoms with Crippen molar-refractivity contribution in [3.8, 4) is 0 Å². The number of aromatic nitrogens is 2. The van der Waals surface area contributed by atoms with Crippen molar-refractivity contribution in [2.24, 2.45) is 10.7 Å². The number of benzene rings is 1. The van der Waals surface area contributed by atoms with E-state index in [9.17, 15) is 9.59 Å². The van der Waals surface area contributed by atoms with Gasteiger partial charge < -0.3 is 15.5 Å². The molecule has 4 rings (SSSR count). The molecule has 0 bridgehead atoms. The zero-order valence-electron chi connectivity index (χ0n) is 18.8. The normalized spacial score (nSPS) is 18.8. The summed E-state index contributed by atoms with van der Waals surface area (Å²) in [7, 11) is 0. The van der Waals surface area contributed by atoms with Gasteiger partial charge in [-0.05, 0) is 63.3 Å². The number of aliphatic imine (C=N–C) groups is 1. The summed E-state index contributed by atoms with van der Waals surface area (Å²) in [5, 5.41) is 0. The van der Waals surface area contributed by atoms with Crippen molar-refractivity contribution < 1.29 is 9.59 Å². The Hall–Kier alpha value is -3.29. The number of hydrogen-bond donors (Lipinski definition) is 1. The number of anilines is 1. The lowest BCUT2D eigenvalue weighted by Crippen LogP contribution is -2.59. The van der Waals surface area contributed by atoms with E-state index in [1.54, 1.807) is 19.2 Å². The standard InChI is InChI=1S/C24H30N6O2/c1-17-8-12-26-23(27-17)29-13-10-24(11-14-29)9-4-7-21(31)30(24)16-19-5-3-6-20(15-19)22(32)28-18(2)25/h3,5-6,8,12,15H,4,7,9-11,13-14,16H2,1-2H3,(H2,25,28,32). The number of amidine groups is 1. The maximum Gasteiger partial charge on any atom is 0.278 e. The first-order valence-electron chi connectivity index (χ1n) is 11.2. The Morgan fingerprint density at radius 2 is 2.00 bits per heavy atom. The van der Waals surface area contributed by atoms with Gasteiger partial charge in [0, 0.05) is 49.0 Å². The van der Waals surface area contributed by atoms with Gasteiger partial charge in [-0.15, -0.1) is 0 Å². The maximum absolute atomic E-state index is 13.0. The van der Waals surface area contributed by atoms with Crippen molar-refractivity contribution in [1.82, 2.24) is 14.9 Å². The van der Waals surface area contributed by atoms with Crippen LogP contribution in [-0.2, 0) is 11.3 Å². The van der Waals surface area contributed by atoms with Crippen LogP contribution in [0.25, 0.3) is 0 Å². The van der Waals surface area contributed by atoms with Gasteiger partial charge in [-0.1, -0.05) is 12.1 Å². The van der Waals surface area contributed by atoms with Crippen LogP contribution >= 0.6 is 0 Å². The molecule has 2 amide bonds. The predicted octanol–water partition coefficient (Wildman–Crippen LogP) is 2.85. The third-order valence-electron chi connectivity index (χ3n) is 6.46. The van der Waals surface area contributed by atoms with E-state index < -0.39 is 0 Å². The molecule has 8 heteroatoms. The van der Waals surface area contributed by atoms with E-state index >= 15 is 0 Å². The number of hydrogen-bond acceptors (Lipinski definition) is 5. The average molecular weight is 435 g/mol. The molecule has 1 aromatic carbocycles. The number of carbonyl (C=O) groups excluding carboxylic acids is 2. The first kappa shape index (κ1) is 21.9. The van der Waals surface area contributed by atoms with Gasteiger partial charge in [0.2, 0.25) is 11.9 Å². The van der Waals surface area contributed by atoms with Crippen molar-refractivity contribution in [1.29, 1.82) is 0 Å². The summed E-state index contributed by atoms with van der Waals surface area (Å²) < 4.78 is 0. The van der Waals surface area contributed by atoms with Crippen molar-refractivity contribution in [2.45, 2.75) is 58.0 Å². The Labute approximate surface area is 188 Å². The van der Waals surface area contributed by atoms with E-state index in [4.69, 9.17) is 5.73 Å². The predicted molar refractivity (Wildman–Crippen MR) is 123 cm³/mol. The molecule has 2 aromatic rings. The molecule has 1 aromatic heterocycles. The van der Waals surface area contributed by atoms with Crippen LogP contribution in [0.15, 0.2) is 41.5 Å². The minimum absolute atomic E-state index is 0.165. The zero-order valence-corrected chi connectivity index (χ0v) is 18.8. The summed E-state index contributed by atoms with van der Waals surface area (Å²) in [6, 6.07) is 9.24. The lowest BCUT2D eigenvalue weighted by molar-refractivity contribution is -0.144. The molecule has 2 aliphatic heterocycles. The van der Waals surface area contributed by atoms with Crippen LogP contribution in [-0.4, -0.2) is 51.1 Å². The molecule has 0 radical (unpaired) electrons. The molecule has 2 aliphatic rings. The number of amides is 2. The molecule has 8 nitrogen and oxygen atoms in total. The van der Waals surface area contributed by atoms with E-state index in [1.165, 1.54) is 0 Å². The molecule has 1 spiro atoms. The monoisotopic (exact) mass is 434 g/mol. The highest BCUT2D eigenvalue weighted by atomic mass is 16.2. The highest BCUT2D eigenvalue weighted by Gasteiger charge is 2.44. The molecule has 168 valence electrons. The van der Waals surface area contributed by atoms with Gasteiger partial charge in [0.15, 0.2) is 0 Å². The van der Waals surface area contributed by atoms with Gasteiger partial charge in [-0.25, -0.2) is 9.97 Å². The molecule has 2 N–H and O–H groups in total. The van der Waals surface area contributed by atoms with Crippen LogP contribution in [0.2, 0.25) is 0 Å². The van der Waals surface area contributed by atoms with Crippen molar-refractivity contribution in [3.63, 3.8) is 0 Å². The van der Waals surface area contributed by atoms with Crippen molar-refractivity contribution in [2.75, 3.05) is 18.0 Å². The average Bonchev–Trinajstić information content (AvgIpc) is 2.77. The second kappa shape index (κ2) is 9.06.